The summed E-state index contributed by atoms with van der Waals surface area (Å²) in [4.78, 5) is 22.2. The molecule has 0 saturated heterocycles. The van der Waals surface area contributed by atoms with Crippen molar-refractivity contribution in [1.29, 1.82) is 0 Å². The van der Waals surface area contributed by atoms with E-state index in [4.69, 9.17) is 8.92 Å². The molecule has 2 rings (SSSR count). The monoisotopic (exact) mass is 391 g/mol. The van der Waals surface area contributed by atoms with Gasteiger partial charge in [0.1, 0.15) is 11.5 Å². The number of rotatable bonds is 7. The summed E-state index contributed by atoms with van der Waals surface area (Å²) in [5.41, 5.74) is 0.894. The highest BCUT2D eigenvalue weighted by atomic mass is 32.2. The van der Waals surface area contributed by atoms with Gasteiger partial charge in [-0.2, -0.15) is 8.42 Å². The Labute approximate surface area is 156 Å². The molecule has 0 aromatic heterocycles. The number of hydrogen-bond donors (Lipinski definition) is 0. The third kappa shape index (κ3) is 5.14. The number of benzene rings is 2. The van der Waals surface area contributed by atoms with Crippen molar-refractivity contribution in [2.24, 2.45) is 0 Å². The van der Waals surface area contributed by atoms with Crippen LogP contribution in [0.4, 0.5) is 5.69 Å². The van der Waals surface area contributed by atoms with Crippen LogP contribution in [-0.2, 0) is 30.4 Å². The molecule has 0 bridgehead atoms. The molecule has 0 radical (unpaired) electrons. The summed E-state index contributed by atoms with van der Waals surface area (Å²) in [5, 5.41) is 10.6. The number of hydrogen-bond acceptors (Lipinski definition) is 7. The zero-order valence-electron chi connectivity index (χ0n) is 14.6. The number of esters is 1. The Hall–Kier alpha value is -3.20. The highest BCUT2D eigenvalue weighted by molar-refractivity contribution is 7.87. The lowest BCUT2D eigenvalue weighted by molar-refractivity contribution is -0.384. The molecule has 8 nitrogen and oxygen atoms in total. The van der Waals surface area contributed by atoms with Crippen LogP contribution in [0.5, 0.6) is 0 Å². The van der Waals surface area contributed by atoms with E-state index >= 15 is 0 Å². The number of carbonyl (C=O) groups is 1. The van der Waals surface area contributed by atoms with Gasteiger partial charge in [-0.25, -0.2) is 4.79 Å². The first kappa shape index (κ1) is 20.1. The van der Waals surface area contributed by atoms with E-state index < -0.39 is 26.8 Å². The van der Waals surface area contributed by atoms with Crippen LogP contribution < -0.4 is 0 Å². The van der Waals surface area contributed by atoms with Crippen LogP contribution in [-0.4, -0.2) is 19.3 Å². The Morgan fingerprint density at radius 3 is 2.33 bits per heavy atom. The van der Waals surface area contributed by atoms with Crippen molar-refractivity contribution in [2.45, 2.75) is 25.3 Å². The molecule has 27 heavy (non-hydrogen) atoms. The largest absolute Gasteiger partial charge is 0.455 e. The Bertz CT molecular complexity index is 979. The van der Waals surface area contributed by atoms with Crippen molar-refractivity contribution >= 4 is 21.8 Å². The molecule has 0 heterocycles. The second-order valence-corrected chi connectivity index (χ2v) is 6.97. The lowest BCUT2D eigenvalue weighted by Gasteiger charge is -2.11. The highest BCUT2D eigenvalue weighted by Crippen LogP contribution is 2.20. The minimum atomic E-state index is -4.19. The quantitative estimate of drug-likeness (QED) is 0.178. The molecule has 2 aromatic carbocycles. The van der Waals surface area contributed by atoms with E-state index in [1.807, 2.05) is 0 Å². The average molecular weight is 391 g/mol. The minimum absolute atomic E-state index is 0.0486. The van der Waals surface area contributed by atoms with Crippen molar-refractivity contribution in [3.63, 3.8) is 0 Å². The van der Waals surface area contributed by atoms with Gasteiger partial charge in [-0.15, -0.1) is 0 Å². The number of nitro groups is 1. The predicted octanol–water partition coefficient (Wildman–Crippen LogP) is 3.26. The molecule has 0 spiro atoms. The number of nitro benzene ring substituents is 1. The summed E-state index contributed by atoms with van der Waals surface area (Å²) >= 11 is 0. The molecule has 0 aliphatic rings. The van der Waals surface area contributed by atoms with E-state index in [-0.39, 0.29) is 17.2 Å². The van der Waals surface area contributed by atoms with E-state index in [1.165, 1.54) is 43.3 Å². The van der Waals surface area contributed by atoms with Crippen LogP contribution in [0.15, 0.2) is 65.3 Å². The van der Waals surface area contributed by atoms with Crippen LogP contribution in [0.2, 0.25) is 0 Å². The summed E-state index contributed by atoms with van der Waals surface area (Å²) in [5.74, 6) is -1.44. The van der Waals surface area contributed by atoms with Crippen LogP contribution >= 0.6 is 0 Å². The maximum absolute atomic E-state index is 12.4. The first-order valence-corrected chi connectivity index (χ1v) is 9.22. The van der Waals surface area contributed by atoms with Crippen LogP contribution in [0, 0.1) is 17.0 Å². The van der Waals surface area contributed by atoms with Crippen molar-refractivity contribution < 1.29 is 27.1 Å². The molecule has 0 amide bonds. The average Bonchev–Trinajstić information content (AvgIpc) is 2.64. The fourth-order valence-electron chi connectivity index (χ4n) is 2.13. The number of allylic oxidation sites excluding steroid dienone is 1. The highest BCUT2D eigenvalue weighted by Gasteiger charge is 2.24. The molecule has 0 unspecified atom stereocenters. The molecule has 9 heteroatoms. The number of ether oxygens (including phenoxy) is 1. The number of nitrogens with zero attached hydrogens (tertiary/aromatic N) is 1. The van der Waals surface area contributed by atoms with Gasteiger partial charge in [0.05, 0.1) is 4.92 Å². The van der Waals surface area contributed by atoms with Gasteiger partial charge in [0.2, 0.25) is 5.76 Å². The van der Waals surface area contributed by atoms with Crippen LogP contribution in [0.1, 0.15) is 18.1 Å². The topological polar surface area (TPSA) is 113 Å². The molecule has 0 fully saturated rings. The molecule has 2 aromatic rings. The van der Waals surface area contributed by atoms with Crippen molar-refractivity contribution in [1.82, 2.24) is 0 Å². The van der Waals surface area contributed by atoms with Gasteiger partial charge in [-0.1, -0.05) is 18.2 Å². The lowest BCUT2D eigenvalue weighted by atomic mass is 10.2. The Morgan fingerprint density at radius 1 is 1.15 bits per heavy atom. The lowest BCUT2D eigenvalue weighted by Crippen LogP contribution is -2.16. The molecule has 0 N–H and O–H groups in total. The standard InChI is InChI=1S/C18H17NO7S/c1-3-16(26-27(23,24)17-7-5-4-6-13(17)2)18(20)25-12-14-8-10-15(11-9-14)19(21)22/h3-11H,12H2,1-2H3/b16-3-. The maximum Gasteiger partial charge on any atom is 0.375 e. The van der Waals surface area contributed by atoms with E-state index in [2.05, 4.69) is 0 Å². The summed E-state index contributed by atoms with van der Waals surface area (Å²) in [7, 11) is -4.19. The fourth-order valence-corrected chi connectivity index (χ4v) is 3.33. The summed E-state index contributed by atoms with van der Waals surface area (Å²) in [6.45, 7) is 2.86. The number of carbonyl (C=O) groups excluding carboxylic acids is 1. The van der Waals surface area contributed by atoms with Crippen molar-refractivity contribution in [3.8, 4) is 0 Å². The minimum Gasteiger partial charge on any atom is -0.455 e. The predicted molar refractivity (Wildman–Crippen MR) is 96.1 cm³/mol. The third-order valence-corrected chi connectivity index (χ3v) is 4.94. The molecule has 0 saturated carbocycles. The molecular weight excluding hydrogens is 374 g/mol. The van der Waals surface area contributed by atoms with E-state index in [0.717, 1.165) is 0 Å². The smallest absolute Gasteiger partial charge is 0.375 e. The Morgan fingerprint density at radius 2 is 1.78 bits per heavy atom. The van der Waals surface area contributed by atoms with E-state index in [1.54, 1.807) is 25.1 Å². The van der Waals surface area contributed by atoms with Gasteiger partial charge >= 0.3 is 16.1 Å². The van der Waals surface area contributed by atoms with Gasteiger partial charge in [0.15, 0.2) is 0 Å². The Balaban J connectivity index is 2.06. The van der Waals surface area contributed by atoms with Gasteiger partial charge < -0.3 is 8.92 Å². The summed E-state index contributed by atoms with van der Waals surface area (Å²) in [6.07, 6.45) is 1.19. The molecular formula is C18H17NO7S. The zero-order valence-corrected chi connectivity index (χ0v) is 15.4. The molecule has 0 aliphatic carbocycles. The zero-order chi connectivity index (χ0) is 20.0. The number of aryl methyl sites for hydroxylation is 1. The van der Waals surface area contributed by atoms with Gasteiger partial charge in [-0.3, -0.25) is 10.1 Å². The van der Waals surface area contributed by atoms with E-state index in [9.17, 15) is 23.3 Å². The second kappa shape index (κ2) is 8.45. The summed E-state index contributed by atoms with van der Waals surface area (Å²) in [6, 6.07) is 11.6. The first-order chi connectivity index (χ1) is 12.7. The third-order valence-electron chi connectivity index (χ3n) is 3.54. The van der Waals surface area contributed by atoms with Crippen molar-refractivity contribution in [3.05, 3.63) is 81.6 Å². The van der Waals surface area contributed by atoms with Gasteiger partial charge in [-0.05, 0) is 49.2 Å². The number of non-ortho nitro benzene ring substituents is 1. The van der Waals surface area contributed by atoms with Gasteiger partial charge in [0, 0.05) is 12.1 Å². The van der Waals surface area contributed by atoms with Gasteiger partial charge in [0.25, 0.3) is 5.69 Å². The fraction of sp³-hybridized carbons (Fsp3) is 0.167. The molecule has 0 atom stereocenters. The molecule has 0 aliphatic heterocycles. The normalized spacial score (nSPS) is 11.7. The first-order valence-electron chi connectivity index (χ1n) is 7.81. The summed E-state index contributed by atoms with van der Waals surface area (Å²) < 4.78 is 34.7. The van der Waals surface area contributed by atoms with Crippen molar-refractivity contribution in [2.75, 3.05) is 0 Å². The Kier molecular flexibility index (Phi) is 6.30. The van der Waals surface area contributed by atoms with Crippen LogP contribution in [0.25, 0.3) is 0 Å². The molecule has 142 valence electrons. The maximum atomic E-state index is 12.4. The van der Waals surface area contributed by atoms with E-state index in [0.29, 0.717) is 11.1 Å². The SMILES string of the molecule is C/C=C(\OS(=O)(=O)c1ccccc1C)C(=O)OCc1ccc([N+](=O)[O-])cc1. The van der Waals surface area contributed by atoms with Crippen LogP contribution in [0.3, 0.4) is 0 Å². The second-order valence-electron chi connectivity index (χ2n) is 5.46.